The first-order valence-corrected chi connectivity index (χ1v) is 9.62. The molecule has 0 heterocycles. The molecule has 1 aliphatic rings. The molecule has 116 valence electrons. The summed E-state index contributed by atoms with van der Waals surface area (Å²) >= 11 is 9.22. The predicted molar refractivity (Wildman–Crippen MR) is 91.9 cm³/mol. The van der Waals surface area contributed by atoms with Gasteiger partial charge in [0.15, 0.2) is 9.84 Å². The Balaban J connectivity index is 1.93. The molecular formula is C16H15BrClNO2S. The van der Waals surface area contributed by atoms with Gasteiger partial charge in [0, 0.05) is 15.4 Å². The second kappa shape index (κ2) is 5.96. The Morgan fingerprint density at radius 3 is 2.18 bits per heavy atom. The van der Waals surface area contributed by atoms with E-state index in [0.29, 0.717) is 16.5 Å². The van der Waals surface area contributed by atoms with E-state index in [0.717, 1.165) is 10.0 Å². The first-order chi connectivity index (χ1) is 10.4. The van der Waals surface area contributed by atoms with Gasteiger partial charge in [0.05, 0.1) is 10.1 Å². The molecule has 6 heteroatoms. The SMILES string of the molecule is NC[C@H]1[C@@H](c2ccc(Br)cc2)[C@@H]1S(=O)(=O)c1ccc(Cl)cc1. The number of halogens is 2. The van der Waals surface area contributed by atoms with Crippen LogP contribution >= 0.6 is 27.5 Å². The van der Waals surface area contributed by atoms with E-state index in [2.05, 4.69) is 15.9 Å². The van der Waals surface area contributed by atoms with E-state index in [1.807, 2.05) is 24.3 Å². The van der Waals surface area contributed by atoms with Crippen molar-refractivity contribution in [2.75, 3.05) is 6.54 Å². The lowest BCUT2D eigenvalue weighted by Gasteiger charge is -2.05. The van der Waals surface area contributed by atoms with Crippen molar-refractivity contribution in [2.24, 2.45) is 11.7 Å². The van der Waals surface area contributed by atoms with Gasteiger partial charge in [0.2, 0.25) is 0 Å². The molecule has 3 atom stereocenters. The van der Waals surface area contributed by atoms with Crippen LogP contribution in [0.2, 0.25) is 5.02 Å². The Labute approximate surface area is 143 Å². The molecule has 3 rings (SSSR count). The smallest absolute Gasteiger partial charge is 0.182 e. The molecule has 0 aromatic heterocycles. The molecule has 0 saturated heterocycles. The average Bonchev–Trinajstić information content (AvgIpc) is 3.24. The molecular weight excluding hydrogens is 386 g/mol. The highest BCUT2D eigenvalue weighted by Crippen LogP contribution is 2.53. The summed E-state index contributed by atoms with van der Waals surface area (Å²) in [5.74, 6) is -0.0827. The summed E-state index contributed by atoms with van der Waals surface area (Å²) < 4.78 is 26.6. The summed E-state index contributed by atoms with van der Waals surface area (Å²) in [7, 11) is -3.40. The topological polar surface area (TPSA) is 60.2 Å². The number of hydrogen-bond acceptors (Lipinski definition) is 3. The van der Waals surface area contributed by atoms with Crippen LogP contribution in [0.5, 0.6) is 0 Å². The maximum Gasteiger partial charge on any atom is 0.182 e. The molecule has 0 bridgehead atoms. The van der Waals surface area contributed by atoms with Gasteiger partial charge in [0.1, 0.15) is 0 Å². The highest BCUT2D eigenvalue weighted by molar-refractivity contribution is 9.10. The van der Waals surface area contributed by atoms with E-state index in [1.165, 1.54) is 0 Å². The van der Waals surface area contributed by atoms with Crippen molar-refractivity contribution in [3.63, 3.8) is 0 Å². The van der Waals surface area contributed by atoms with Gasteiger partial charge in [-0.15, -0.1) is 0 Å². The molecule has 22 heavy (non-hydrogen) atoms. The maximum atomic E-state index is 12.8. The van der Waals surface area contributed by atoms with Gasteiger partial charge < -0.3 is 5.73 Å². The number of sulfone groups is 1. The Bertz CT molecular complexity index is 775. The van der Waals surface area contributed by atoms with Crippen molar-refractivity contribution in [1.29, 1.82) is 0 Å². The number of nitrogens with two attached hydrogens (primary N) is 1. The highest BCUT2D eigenvalue weighted by atomic mass is 79.9. The van der Waals surface area contributed by atoms with E-state index in [9.17, 15) is 8.42 Å². The van der Waals surface area contributed by atoms with Crippen LogP contribution in [0.15, 0.2) is 57.9 Å². The molecule has 2 aromatic rings. The summed E-state index contributed by atoms with van der Waals surface area (Å²) in [5, 5.41) is 0.0643. The van der Waals surface area contributed by atoms with Crippen molar-refractivity contribution in [3.05, 3.63) is 63.6 Å². The van der Waals surface area contributed by atoms with Crippen LogP contribution in [0, 0.1) is 5.92 Å². The van der Waals surface area contributed by atoms with Gasteiger partial charge in [-0.2, -0.15) is 0 Å². The van der Waals surface area contributed by atoms with Crippen LogP contribution in [0.4, 0.5) is 0 Å². The molecule has 1 saturated carbocycles. The third kappa shape index (κ3) is 2.83. The summed E-state index contributed by atoms with van der Waals surface area (Å²) in [6.07, 6.45) is 0. The fraction of sp³-hybridized carbons (Fsp3) is 0.250. The van der Waals surface area contributed by atoms with E-state index in [4.69, 9.17) is 17.3 Å². The standard InChI is InChI=1S/C16H15BrClNO2S/c17-11-3-1-10(2-4-11)15-14(9-19)16(15)22(20,21)13-7-5-12(18)6-8-13/h1-8,14-16H,9,19H2/t14-,15+,16+/m0/s1. The Morgan fingerprint density at radius 1 is 1.05 bits per heavy atom. The van der Waals surface area contributed by atoms with Gasteiger partial charge in [0.25, 0.3) is 0 Å². The molecule has 1 fully saturated rings. The lowest BCUT2D eigenvalue weighted by Crippen LogP contribution is -2.13. The molecule has 0 unspecified atom stereocenters. The van der Waals surface area contributed by atoms with Crippen molar-refractivity contribution < 1.29 is 8.42 Å². The van der Waals surface area contributed by atoms with Gasteiger partial charge >= 0.3 is 0 Å². The largest absolute Gasteiger partial charge is 0.330 e. The molecule has 1 aliphatic carbocycles. The van der Waals surface area contributed by atoms with Crippen LogP contribution < -0.4 is 5.73 Å². The van der Waals surface area contributed by atoms with Gasteiger partial charge in [-0.1, -0.05) is 39.7 Å². The summed E-state index contributed by atoms with van der Waals surface area (Å²) in [6, 6.07) is 14.1. The summed E-state index contributed by atoms with van der Waals surface area (Å²) in [4.78, 5) is 0.306. The zero-order valence-electron chi connectivity index (χ0n) is 11.6. The minimum Gasteiger partial charge on any atom is -0.330 e. The van der Waals surface area contributed by atoms with Crippen LogP contribution in [0.1, 0.15) is 11.5 Å². The van der Waals surface area contributed by atoms with E-state index < -0.39 is 15.1 Å². The third-order valence-electron chi connectivity index (χ3n) is 4.12. The summed E-state index contributed by atoms with van der Waals surface area (Å²) in [6.45, 7) is 0.359. The number of benzene rings is 2. The van der Waals surface area contributed by atoms with Crippen LogP contribution in [-0.4, -0.2) is 20.2 Å². The Kier molecular flexibility index (Phi) is 4.34. The van der Waals surface area contributed by atoms with Gasteiger partial charge in [-0.05, 0) is 54.4 Å². The van der Waals surface area contributed by atoms with Crippen LogP contribution in [-0.2, 0) is 9.84 Å². The second-order valence-corrected chi connectivity index (χ2v) is 8.90. The lowest BCUT2D eigenvalue weighted by molar-refractivity contribution is 0.591. The van der Waals surface area contributed by atoms with Crippen molar-refractivity contribution >= 4 is 37.4 Å². The first-order valence-electron chi connectivity index (χ1n) is 6.90. The molecule has 0 spiro atoms. The summed E-state index contributed by atoms with van der Waals surface area (Å²) in [5.41, 5.74) is 6.80. The van der Waals surface area contributed by atoms with Crippen molar-refractivity contribution in [3.8, 4) is 0 Å². The van der Waals surface area contributed by atoms with Crippen molar-refractivity contribution in [1.82, 2.24) is 0 Å². The number of rotatable bonds is 4. The quantitative estimate of drug-likeness (QED) is 0.852. The molecule has 3 nitrogen and oxygen atoms in total. The van der Waals surface area contributed by atoms with E-state index in [1.54, 1.807) is 24.3 Å². The fourth-order valence-corrected chi connectivity index (χ4v) is 5.56. The van der Waals surface area contributed by atoms with E-state index in [-0.39, 0.29) is 11.8 Å². The first kappa shape index (κ1) is 16.0. The molecule has 0 amide bonds. The predicted octanol–water partition coefficient (Wildman–Crippen LogP) is 3.62. The number of hydrogen-bond donors (Lipinski definition) is 1. The lowest BCUT2D eigenvalue weighted by atomic mass is 10.1. The average molecular weight is 401 g/mol. The molecule has 0 radical (unpaired) electrons. The zero-order valence-corrected chi connectivity index (χ0v) is 14.8. The van der Waals surface area contributed by atoms with Crippen molar-refractivity contribution in [2.45, 2.75) is 16.1 Å². The molecule has 2 N–H and O–H groups in total. The Hall–Kier alpha value is -0.880. The zero-order chi connectivity index (χ0) is 15.9. The third-order valence-corrected chi connectivity index (χ3v) is 7.19. The fourth-order valence-electron chi connectivity index (χ4n) is 2.95. The van der Waals surface area contributed by atoms with E-state index >= 15 is 0 Å². The van der Waals surface area contributed by atoms with Crippen LogP contribution in [0.3, 0.4) is 0 Å². The minimum absolute atomic E-state index is 0.0400. The normalized spacial score (nSPS) is 24.2. The second-order valence-electron chi connectivity index (χ2n) is 5.44. The molecule has 2 aromatic carbocycles. The van der Waals surface area contributed by atoms with Crippen LogP contribution in [0.25, 0.3) is 0 Å². The monoisotopic (exact) mass is 399 g/mol. The van der Waals surface area contributed by atoms with Gasteiger partial charge in [-0.25, -0.2) is 8.42 Å². The minimum atomic E-state index is -3.40. The highest BCUT2D eigenvalue weighted by Gasteiger charge is 2.57. The molecule has 0 aliphatic heterocycles. The Morgan fingerprint density at radius 2 is 1.64 bits per heavy atom. The maximum absolute atomic E-state index is 12.8. The van der Waals surface area contributed by atoms with Gasteiger partial charge in [-0.3, -0.25) is 0 Å².